The number of fused-ring (bicyclic) bond motifs is 1. The predicted molar refractivity (Wildman–Crippen MR) is 76.7 cm³/mol. The van der Waals surface area contributed by atoms with Gasteiger partial charge >= 0.3 is 0 Å². The minimum Gasteiger partial charge on any atom is -0.352 e. The van der Waals surface area contributed by atoms with Crippen LogP contribution in [0, 0.1) is 0 Å². The highest BCUT2D eigenvalue weighted by molar-refractivity contribution is 7.90. The maximum atomic E-state index is 11.9. The van der Waals surface area contributed by atoms with Crippen LogP contribution < -0.4 is 10.6 Å². The molecule has 2 aliphatic heterocycles. The van der Waals surface area contributed by atoms with E-state index < -0.39 is 10.0 Å². The van der Waals surface area contributed by atoms with E-state index in [2.05, 4.69) is 15.0 Å². The van der Waals surface area contributed by atoms with Gasteiger partial charge in [-0.05, 0) is 32.2 Å². The molecule has 0 bridgehead atoms. The summed E-state index contributed by atoms with van der Waals surface area (Å²) in [5, 5.41) is 5.82. The summed E-state index contributed by atoms with van der Waals surface area (Å²) in [6.07, 6.45) is 5.64. The van der Waals surface area contributed by atoms with Crippen molar-refractivity contribution in [1.29, 1.82) is 0 Å². The number of hydrogen-bond acceptors (Lipinski definition) is 5. The first kappa shape index (κ1) is 14.7. The van der Waals surface area contributed by atoms with Crippen molar-refractivity contribution in [3.63, 3.8) is 0 Å². The number of carbonyl (C=O) groups is 1. The van der Waals surface area contributed by atoms with E-state index >= 15 is 0 Å². The summed E-state index contributed by atoms with van der Waals surface area (Å²) >= 11 is 0. The van der Waals surface area contributed by atoms with Crippen LogP contribution >= 0.6 is 0 Å². The van der Waals surface area contributed by atoms with Gasteiger partial charge in [-0.25, -0.2) is 8.42 Å². The summed E-state index contributed by atoms with van der Waals surface area (Å²) in [6, 6.07) is 0. The number of amidine groups is 1. The van der Waals surface area contributed by atoms with Crippen molar-refractivity contribution in [2.24, 2.45) is 4.40 Å². The van der Waals surface area contributed by atoms with E-state index in [4.69, 9.17) is 0 Å². The molecule has 1 amide bonds. The van der Waals surface area contributed by atoms with Crippen LogP contribution in [0.5, 0.6) is 0 Å². The Hall–Kier alpha value is -1.67. The largest absolute Gasteiger partial charge is 0.352 e. The Labute approximate surface area is 118 Å². The van der Waals surface area contributed by atoms with Crippen LogP contribution in [0.1, 0.15) is 6.42 Å². The molecule has 0 radical (unpaired) electrons. The first-order valence-electron chi connectivity index (χ1n) is 6.44. The number of nitrogens with zero attached hydrogens (tertiary/aromatic N) is 2. The van der Waals surface area contributed by atoms with Crippen LogP contribution in [-0.4, -0.2) is 57.5 Å². The summed E-state index contributed by atoms with van der Waals surface area (Å²) in [5.41, 5.74) is 0.507. The summed E-state index contributed by atoms with van der Waals surface area (Å²) in [6.45, 7) is 1.76. The van der Waals surface area contributed by atoms with E-state index in [1.807, 2.05) is 7.05 Å². The summed E-state index contributed by atoms with van der Waals surface area (Å²) < 4.78 is 26.4. The standard InChI is InChI=1S/C12H18N4O3S/c1-13-5-2-6-14-12(17)10-3-4-11-15-20(18,19)8-7-16(11)9-10/h3-4,9,13H,2,5-8H2,1H3,(H,14,17). The Morgan fingerprint density at radius 1 is 1.40 bits per heavy atom. The van der Waals surface area contributed by atoms with Crippen molar-refractivity contribution in [2.75, 3.05) is 32.4 Å². The van der Waals surface area contributed by atoms with Gasteiger partial charge < -0.3 is 15.5 Å². The van der Waals surface area contributed by atoms with Crippen molar-refractivity contribution in [3.05, 3.63) is 23.9 Å². The second kappa shape index (κ2) is 6.19. The van der Waals surface area contributed by atoms with Gasteiger partial charge in [-0.2, -0.15) is 0 Å². The first-order chi connectivity index (χ1) is 9.52. The third kappa shape index (κ3) is 3.67. The lowest BCUT2D eigenvalue weighted by Gasteiger charge is -2.26. The maximum absolute atomic E-state index is 11.9. The quantitative estimate of drug-likeness (QED) is 0.649. The molecule has 2 N–H and O–H groups in total. The summed E-state index contributed by atoms with van der Waals surface area (Å²) in [5.74, 6) is 0.172. The van der Waals surface area contributed by atoms with E-state index in [1.54, 1.807) is 23.3 Å². The third-order valence-corrected chi connectivity index (χ3v) is 4.14. The molecule has 20 heavy (non-hydrogen) atoms. The average molecular weight is 298 g/mol. The predicted octanol–water partition coefficient (Wildman–Crippen LogP) is -0.790. The minimum atomic E-state index is -3.35. The molecule has 2 heterocycles. The molecular weight excluding hydrogens is 280 g/mol. The van der Waals surface area contributed by atoms with Gasteiger partial charge in [0, 0.05) is 19.3 Å². The Balaban J connectivity index is 1.98. The van der Waals surface area contributed by atoms with Crippen molar-refractivity contribution in [2.45, 2.75) is 6.42 Å². The van der Waals surface area contributed by atoms with Gasteiger partial charge in [0.25, 0.3) is 15.9 Å². The molecule has 110 valence electrons. The van der Waals surface area contributed by atoms with E-state index in [9.17, 15) is 13.2 Å². The molecule has 0 saturated carbocycles. The van der Waals surface area contributed by atoms with Gasteiger partial charge in [0.2, 0.25) is 0 Å². The average Bonchev–Trinajstić information content (AvgIpc) is 2.42. The molecule has 0 aromatic rings. The molecule has 0 unspecified atom stereocenters. The fourth-order valence-corrected chi connectivity index (χ4v) is 2.87. The molecule has 8 heteroatoms. The monoisotopic (exact) mass is 298 g/mol. The first-order valence-corrected chi connectivity index (χ1v) is 8.05. The van der Waals surface area contributed by atoms with E-state index in [0.29, 0.717) is 24.5 Å². The third-order valence-electron chi connectivity index (χ3n) is 2.98. The molecule has 0 fully saturated rings. The number of hydrogen-bond donors (Lipinski definition) is 2. The second-order valence-electron chi connectivity index (χ2n) is 4.56. The van der Waals surface area contributed by atoms with Gasteiger partial charge in [-0.1, -0.05) is 0 Å². The smallest absolute Gasteiger partial charge is 0.256 e. The van der Waals surface area contributed by atoms with Crippen LogP contribution in [0.15, 0.2) is 28.3 Å². The Morgan fingerprint density at radius 3 is 2.95 bits per heavy atom. The molecule has 2 rings (SSSR count). The lowest BCUT2D eigenvalue weighted by atomic mass is 10.2. The zero-order valence-corrected chi connectivity index (χ0v) is 12.1. The van der Waals surface area contributed by atoms with Crippen molar-refractivity contribution < 1.29 is 13.2 Å². The Kier molecular flexibility index (Phi) is 4.56. The van der Waals surface area contributed by atoms with Crippen molar-refractivity contribution in [1.82, 2.24) is 15.5 Å². The van der Waals surface area contributed by atoms with E-state index in [0.717, 1.165) is 13.0 Å². The van der Waals surface area contributed by atoms with Crippen LogP contribution in [-0.2, 0) is 14.8 Å². The van der Waals surface area contributed by atoms with Gasteiger partial charge in [0.05, 0.1) is 11.3 Å². The van der Waals surface area contributed by atoms with Gasteiger partial charge in [0.1, 0.15) is 5.84 Å². The lowest BCUT2D eigenvalue weighted by Crippen LogP contribution is -2.38. The number of sulfonamides is 1. The highest BCUT2D eigenvalue weighted by Gasteiger charge is 2.24. The summed E-state index contributed by atoms with van der Waals surface area (Å²) in [7, 11) is -1.49. The molecule has 0 aromatic carbocycles. The molecule has 0 aliphatic carbocycles. The molecule has 0 aromatic heterocycles. The van der Waals surface area contributed by atoms with E-state index in [1.165, 1.54) is 0 Å². The molecule has 7 nitrogen and oxygen atoms in total. The molecule has 0 atom stereocenters. The second-order valence-corrected chi connectivity index (χ2v) is 6.31. The lowest BCUT2D eigenvalue weighted by molar-refractivity contribution is -0.117. The zero-order chi connectivity index (χ0) is 14.6. The molecule has 2 aliphatic rings. The fourth-order valence-electron chi connectivity index (χ4n) is 1.90. The highest BCUT2D eigenvalue weighted by atomic mass is 32.2. The number of rotatable bonds is 5. The maximum Gasteiger partial charge on any atom is 0.256 e. The Bertz CT molecular complexity index is 578. The molecular formula is C12H18N4O3S. The summed E-state index contributed by atoms with van der Waals surface area (Å²) in [4.78, 5) is 13.6. The minimum absolute atomic E-state index is 0.0299. The molecule has 0 spiro atoms. The number of carbonyl (C=O) groups excluding carboxylic acids is 1. The number of nitrogens with one attached hydrogen (secondary N) is 2. The SMILES string of the molecule is CNCCCNC(=O)C1=CN2CCS(=O)(=O)N=C2C=C1. The van der Waals surface area contributed by atoms with Gasteiger partial charge in [-0.15, -0.1) is 4.40 Å². The van der Waals surface area contributed by atoms with Crippen LogP contribution in [0.4, 0.5) is 0 Å². The van der Waals surface area contributed by atoms with Crippen LogP contribution in [0.25, 0.3) is 0 Å². The highest BCUT2D eigenvalue weighted by Crippen LogP contribution is 2.15. The van der Waals surface area contributed by atoms with Gasteiger partial charge in [-0.3, -0.25) is 4.79 Å². The van der Waals surface area contributed by atoms with Crippen LogP contribution in [0.2, 0.25) is 0 Å². The van der Waals surface area contributed by atoms with Crippen molar-refractivity contribution in [3.8, 4) is 0 Å². The normalized spacial score (nSPS) is 19.9. The van der Waals surface area contributed by atoms with E-state index in [-0.39, 0.29) is 11.7 Å². The van der Waals surface area contributed by atoms with Crippen molar-refractivity contribution >= 4 is 21.8 Å². The topological polar surface area (TPSA) is 90.9 Å². The number of amides is 1. The van der Waals surface area contributed by atoms with Gasteiger partial charge in [0.15, 0.2) is 0 Å². The fraction of sp³-hybridized carbons (Fsp3) is 0.500. The molecule has 0 saturated heterocycles. The van der Waals surface area contributed by atoms with Crippen LogP contribution in [0.3, 0.4) is 0 Å². The Morgan fingerprint density at radius 2 is 2.20 bits per heavy atom. The zero-order valence-electron chi connectivity index (χ0n) is 11.3.